The summed E-state index contributed by atoms with van der Waals surface area (Å²) in [4.78, 5) is 11.9. The zero-order valence-corrected chi connectivity index (χ0v) is 6.83. The molecule has 12 heavy (non-hydrogen) atoms. The highest BCUT2D eigenvalue weighted by molar-refractivity contribution is 5.71. The van der Waals surface area contributed by atoms with Crippen LogP contribution in [0.1, 0.15) is 11.6 Å². The van der Waals surface area contributed by atoms with Crippen LogP contribution in [0.3, 0.4) is 0 Å². The Morgan fingerprint density at radius 3 is 2.67 bits per heavy atom. The van der Waals surface area contributed by atoms with Crippen LogP contribution in [0.4, 0.5) is 5.95 Å². The van der Waals surface area contributed by atoms with E-state index in [0.717, 1.165) is 5.69 Å². The highest BCUT2D eigenvalue weighted by Gasteiger charge is 2.08. The van der Waals surface area contributed by atoms with Gasteiger partial charge >= 0.3 is 0 Å². The van der Waals surface area contributed by atoms with Crippen molar-refractivity contribution in [3.63, 3.8) is 0 Å². The Morgan fingerprint density at radius 1 is 1.17 bits per heavy atom. The average molecular weight is 164 g/mol. The second-order valence-electron chi connectivity index (χ2n) is 2.55. The lowest BCUT2D eigenvalue weighted by molar-refractivity contribution is 0.557. The number of hydrogen-bond acceptors (Lipinski definition) is 5. The third kappa shape index (κ3) is 0.903. The van der Waals surface area contributed by atoms with Gasteiger partial charge in [-0.15, -0.1) is 0 Å². The summed E-state index contributed by atoms with van der Waals surface area (Å²) in [6, 6.07) is 0. The maximum Gasteiger partial charge on any atom is 0.222 e. The summed E-state index contributed by atoms with van der Waals surface area (Å²) < 4.78 is 5.26. The first-order valence-corrected chi connectivity index (χ1v) is 3.54. The van der Waals surface area contributed by atoms with E-state index in [4.69, 9.17) is 10.2 Å². The summed E-state index contributed by atoms with van der Waals surface area (Å²) in [5, 5.41) is 0. The van der Waals surface area contributed by atoms with Crippen molar-refractivity contribution in [1.82, 2.24) is 15.0 Å². The fourth-order valence-electron chi connectivity index (χ4n) is 1.08. The minimum absolute atomic E-state index is 0.230. The highest BCUT2D eigenvalue weighted by atomic mass is 16.3. The van der Waals surface area contributed by atoms with Crippen molar-refractivity contribution in [2.24, 2.45) is 0 Å². The van der Waals surface area contributed by atoms with E-state index < -0.39 is 0 Å². The van der Waals surface area contributed by atoms with Crippen LogP contribution < -0.4 is 5.73 Å². The quantitative estimate of drug-likeness (QED) is 0.623. The molecule has 0 unspecified atom stereocenters. The van der Waals surface area contributed by atoms with Gasteiger partial charge in [0.15, 0.2) is 11.5 Å². The molecule has 0 amide bonds. The molecule has 0 saturated carbocycles. The van der Waals surface area contributed by atoms with Gasteiger partial charge in [-0.1, -0.05) is 0 Å². The minimum atomic E-state index is 0.230. The van der Waals surface area contributed by atoms with Crippen LogP contribution in [-0.2, 0) is 0 Å². The van der Waals surface area contributed by atoms with E-state index in [0.29, 0.717) is 17.1 Å². The lowest BCUT2D eigenvalue weighted by Crippen LogP contribution is -1.96. The summed E-state index contributed by atoms with van der Waals surface area (Å²) in [5.74, 6) is 0.807. The van der Waals surface area contributed by atoms with Crippen molar-refractivity contribution in [2.45, 2.75) is 13.8 Å². The zero-order valence-electron chi connectivity index (χ0n) is 6.83. The first-order chi connectivity index (χ1) is 5.66. The fraction of sp³-hybridized carbons (Fsp3) is 0.286. The largest absolute Gasteiger partial charge is 0.437 e. The Bertz CT molecular complexity index is 434. The summed E-state index contributed by atoms with van der Waals surface area (Å²) in [7, 11) is 0. The van der Waals surface area contributed by atoms with Crippen molar-refractivity contribution in [1.29, 1.82) is 0 Å². The van der Waals surface area contributed by atoms with Crippen LogP contribution in [0.15, 0.2) is 4.42 Å². The molecule has 2 aromatic heterocycles. The lowest BCUT2D eigenvalue weighted by Gasteiger charge is -1.92. The number of aryl methyl sites for hydroxylation is 2. The number of nitrogens with two attached hydrogens (primary N) is 1. The SMILES string of the molecule is Cc1nc2nc(N)nc(C)c2o1. The molecule has 0 spiro atoms. The number of anilines is 1. The predicted molar refractivity (Wildman–Crippen MR) is 43.5 cm³/mol. The average Bonchev–Trinajstić information content (AvgIpc) is 2.29. The molecule has 0 aliphatic carbocycles. The molecule has 2 heterocycles. The maximum atomic E-state index is 5.43. The first kappa shape index (κ1) is 7.02. The monoisotopic (exact) mass is 164 g/mol. The third-order valence-corrected chi connectivity index (χ3v) is 1.55. The smallest absolute Gasteiger partial charge is 0.222 e. The van der Waals surface area contributed by atoms with Gasteiger partial charge in [0.25, 0.3) is 0 Å². The Labute approximate surface area is 68.6 Å². The molecule has 0 radical (unpaired) electrons. The van der Waals surface area contributed by atoms with Crippen LogP contribution in [0.5, 0.6) is 0 Å². The fourth-order valence-corrected chi connectivity index (χ4v) is 1.08. The van der Waals surface area contributed by atoms with Crippen LogP contribution in [0, 0.1) is 13.8 Å². The highest BCUT2D eigenvalue weighted by Crippen LogP contribution is 2.16. The standard InChI is InChI=1S/C7H8N4O/c1-3-5-6(10-4(2)12-5)11-7(8)9-3/h1-2H3,(H2,8,9,11). The number of hydrogen-bond donors (Lipinski definition) is 1. The van der Waals surface area contributed by atoms with Gasteiger partial charge in [0, 0.05) is 6.92 Å². The van der Waals surface area contributed by atoms with E-state index in [-0.39, 0.29) is 5.95 Å². The number of nitrogen functional groups attached to an aromatic ring is 1. The number of oxazole rings is 1. The molecule has 2 N–H and O–H groups in total. The Kier molecular flexibility index (Phi) is 1.27. The summed E-state index contributed by atoms with van der Waals surface area (Å²) in [5.41, 5.74) is 7.29. The Balaban J connectivity index is 2.88. The van der Waals surface area contributed by atoms with Gasteiger partial charge in [0.1, 0.15) is 0 Å². The molecule has 2 aromatic rings. The van der Waals surface area contributed by atoms with Crippen LogP contribution in [0.2, 0.25) is 0 Å². The van der Waals surface area contributed by atoms with Crippen molar-refractivity contribution < 1.29 is 4.42 Å². The molecule has 5 nitrogen and oxygen atoms in total. The predicted octanol–water partition coefficient (Wildman–Crippen LogP) is 0.817. The van der Waals surface area contributed by atoms with Gasteiger partial charge < -0.3 is 10.2 Å². The maximum absolute atomic E-state index is 5.43. The Morgan fingerprint density at radius 2 is 1.92 bits per heavy atom. The molecule has 2 rings (SSSR count). The van der Waals surface area contributed by atoms with Crippen molar-refractivity contribution in [2.75, 3.05) is 5.73 Å². The summed E-state index contributed by atoms with van der Waals surface area (Å²) >= 11 is 0. The Hall–Kier alpha value is -1.65. The molecule has 5 heteroatoms. The number of nitrogens with zero attached hydrogens (tertiary/aromatic N) is 3. The van der Waals surface area contributed by atoms with Gasteiger partial charge in [0.05, 0.1) is 5.69 Å². The molecule has 0 fully saturated rings. The van der Waals surface area contributed by atoms with Crippen LogP contribution in [0.25, 0.3) is 11.2 Å². The second kappa shape index (κ2) is 2.17. The topological polar surface area (TPSA) is 77.8 Å². The molecular formula is C7H8N4O. The minimum Gasteiger partial charge on any atom is -0.437 e. The molecule has 0 atom stereocenters. The van der Waals surface area contributed by atoms with Gasteiger partial charge in [-0.2, -0.15) is 9.97 Å². The number of rotatable bonds is 0. The molecular weight excluding hydrogens is 156 g/mol. The van der Waals surface area contributed by atoms with E-state index in [1.165, 1.54) is 0 Å². The van der Waals surface area contributed by atoms with E-state index in [9.17, 15) is 0 Å². The van der Waals surface area contributed by atoms with E-state index in [1.54, 1.807) is 6.92 Å². The molecule has 0 aliphatic rings. The van der Waals surface area contributed by atoms with Gasteiger partial charge in [-0.25, -0.2) is 4.98 Å². The van der Waals surface area contributed by atoms with Crippen molar-refractivity contribution in [3.8, 4) is 0 Å². The van der Waals surface area contributed by atoms with E-state index >= 15 is 0 Å². The summed E-state index contributed by atoms with van der Waals surface area (Å²) in [6.45, 7) is 3.57. The van der Waals surface area contributed by atoms with Crippen LogP contribution in [-0.4, -0.2) is 15.0 Å². The molecule has 0 aromatic carbocycles. The van der Waals surface area contributed by atoms with Gasteiger partial charge in [-0.05, 0) is 6.92 Å². The van der Waals surface area contributed by atoms with Crippen molar-refractivity contribution in [3.05, 3.63) is 11.6 Å². The van der Waals surface area contributed by atoms with Gasteiger partial charge in [-0.3, -0.25) is 0 Å². The number of fused-ring (bicyclic) bond motifs is 1. The number of aromatic nitrogens is 3. The van der Waals surface area contributed by atoms with E-state index in [2.05, 4.69) is 15.0 Å². The lowest BCUT2D eigenvalue weighted by atomic mass is 10.4. The van der Waals surface area contributed by atoms with Crippen molar-refractivity contribution >= 4 is 17.2 Å². The molecule has 0 bridgehead atoms. The second-order valence-corrected chi connectivity index (χ2v) is 2.55. The summed E-state index contributed by atoms with van der Waals surface area (Å²) in [6.07, 6.45) is 0. The first-order valence-electron chi connectivity index (χ1n) is 3.54. The third-order valence-electron chi connectivity index (χ3n) is 1.55. The van der Waals surface area contributed by atoms with E-state index in [1.807, 2.05) is 6.92 Å². The zero-order chi connectivity index (χ0) is 8.72. The van der Waals surface area contributed by atoms with Gasteiger partial charge in [0.2, 0.25) is 11.6 Å². The molecule has 62 valence electrons. The normalized spacial score (nSPS) is 10.8. The molecule has 0 saturated heterocycles. The molecule has 0 aliphatic heterocycles. The van der Waals surface area contributed by atoms with Crippen LogP contribution >= 0.6 is 0 Å².